The van der Waals surface area contributed by atoms with Gasteiger partial charge in [-0.1, -0.05) is 65.8 Å². The molecule has 0 heterocycles. The molecule has 0 saturated carbocycles. The topological polar surface area (TPSA) is 69.2 Å². The molecule has 0 amide bonds. The first kappa shape index (κ1) is 31.7. The second-order valence-electron chi connectivity index (χ2n) is 6.66. The normalized spacial score (nSPS) is 13.9. The van der Waals surface area contributed by atoms with Crippen LogP contribution in [-0.2, 0) is 20.4 Å². The fourth-order valence-corrected chi connectivity index (χ4v) is 2.03. The van der Waals surface area contributed by atoms with Crippen molar-refractivity contribution in [2.24, 2.45) is 0 Å². The first-order chi connectivity index (χ1) is 13.0. The summed E-state index contributed by atoms with van der Waals surface area (Å²) in [4.78, 5) is 0. The molecule has 0 aromatic heterocycles. The molecule has 1 unspecified atom stereocenters. The van der Waals surface area contributed by atoms with Gasteiger partial charge in [0.2, 0.25) is 0 Å². The maximum absolute atomic E-state index is 9.53. The van der Waals surface area contributed by atoms with E-state index in [9.17, 15) is 15.3 Å². The SMILES string of the molecule is CC(C)[O-].CC(C)[O-].CC(C)[O-].CC=CC=CC.[Ti+3][CH]1C=Cc2ccccc21. The summed E-state index contributed by atoms with van der Waals surface area (Å²) < 4.78 is 0.621. The molecule has 0 fully saturated rings. The van der Waals surface area contributed by atoms with Crippen LogP contribution in [0.1, 0.15) is 70.7 Å². The Kier molecular flexibility index (Phi) is 25.3. The Balaban J connectivity index is -0.000000303. The van der Waals surface area contributed by atoms with Gasteiger partial charge in [0.25, 0.3) is 0 Å². The Morgan fingerprint density at radius 2 is 1.14 bits per heavy atom. The van der Waals surface area contributed by atoms with E-state index in [0.717, 1.165) is 0 Å². The molecule has 2 rings (SSSR count). The van der Waals surface area contributed by atoms with E-state index in [2.05, 4.69) is 56.9 Å². The summed E-state index contributed by atoms with van der Waals surface area (Å²) in [5.41, 5.74) is 2.84. The molecular formula is C24H38O3Ti. The van der Waals surface area contributed by atoms with Crippen molar-refractivity contribution in [1.29, 1.82) is 0 Å². The predicted octanol–water partition coefficient (Wildman–Crippen LogP) is 3.71. The summed E-state index contributed by atoms with van der Waals surface area (Å²) in [5.74, 6) is 0. The predicted molar refractivity (Wildman–Crippen MR) is 113 cm³/mol. The number of hydrogen-bond acceptors (Lipinski definition) is 3. The summed E-state index contributed by atoms with van der Waals surface area (Å²) in [6.45, 7) is 13.7. The van der Waals surface area contributed by atoms with E-state index in [-0.39, 0.29) is 0 Å². The first-order valence-corrected chi connectivity index (χ1v) is 10.6. The quantitative estimate of drug-likeness (QED) is 0.512. The molecule has 0 saturated heterocycles. The second kappa shape index (κ2) is 22.3. The van der Waals surface area contributed by atoms with Crippen molar-refractivity contribution < 1.29 is 35.8 Å². The third kappa shape index (κ3) is 29.8. The van der Waals surface area contributed by atoms with Crippen LogP contribution in [0.25, 0.3) is 6.08 Å². The van der Waals surface area contributed by atoms with E-state index < -0.39 is 18.3 Å². The first-order valence-electron chi connectivity index (χ1n) is 9.69. The van der Waals surface area contributed by atoms with Crippen LogP contribution >= 0.6 is 0 Å². The Labute approximate surface area is 185 Å². The molecule has 0 N–H and O–H groups in total. The van der Waals surface area contributed by atoms with Gasteiger partial charge in [-0.25, -0.2) is 0 Å². The average Bonchev–Trinajstić information content (AvgIpc) is 2.94. The van der Waals surface area contributed by atoms with Gasteiger partial charge in [0, 0.05) is 0 Å². The van der Waals surface area contributed by atoms with Gasteiger partial charge in [0.15, 0.2) is 0 Å². The van der Waals surface area contributed by atoms with Crippen LogP contribution < -0.4 is 15.3 Å². The summed E-state index contributed by atoms with van der Waals surface area (Å²) in [7, 11) is 0. The zero-order valence-corrected chi connectivity index (χ0v) is 20.4. The zero-order valence-electron chi connectivity index (χ0n) is 18.8. The summed E-state index contributed by atoms with van der Waals surface area (Å²) in [5, 5.41) is 28.6. The molecule has 0 spiro atoms. The maximum atomic E-state index is 9.53. The van der Waals surface area contributed by atoms with E-state index >= 15 is 0 Å². The van der Waals surface area contributed by atoms with E-state index in [0.29, 0.717) is 4.22 Å². The minimum absolute atomic E-state index is 0.417. The zero-order chi connectivity index (χ0) is 22.5. The molecule has 0 bridgehead atoms. The summed E-state index contributed by atoms with van der Waals surface area (Å²) in [6, 6.07) is 8.54. The van der Waals surface area contributed by atoms with Gasteiger partial charge >= 0.3 is 72.2 Å². The van der Waals surface area contributed by atoms with Crippen molar-refractivity contribution in [3.05, 3.63) is 65.8 Å². The van der Waals surface area contributed by atoms with Crippen LogP contribution in [0.3, 0.4) is 0 Å². The van der Waals surface area contributed by atoms with Gasteiger partial charge < -0.3 is 15.3 Å². The molecule has 1 aliphatic rings. The van der Waals surface area contributed by atoms with E-state index in [4.69, 9.17) is 0 Å². The number of rotatable bonds is 1. The molecule has 3 nitrogen and oxygen atoms in total. The summed E-state index contributed by atoms with van der Waals surface area (Å²) in [6.07, 6.45) is 11.2. The molecule has 156 valence electrons. The molecule has 1 aliphatic carbocycles. The molecule has 28 heavy (non-hydrogen) atoms. The summed E-state index contributed by atoms with van der Waals surface area (Å²) >= 11 is 2.22. The number of allylic oxidation sites excluding steroid dienone is 5. The number of benzene rings is 1. The van der Waals surface area contributed by atoms with Crippen LogP contribution in [0, 0.1) is 0 Å². The van der Waals surface area contributed by atoms with Crippen molar-refractivity contribution >= 4 is 6.08 Å². The number of hydrogen-bond donors (Lipinski definition) is 0. The fourth-order valence-electron chi connectivity index (χ4n) is 1.47. The van der Waals surface area contributed by atoms with Crippen molar-refractivity contribution in [3.63, 3.8) is 0 Å². The monoisotopic (exact) mass is 422 g/mol. The third-order valence-corrected chi connectivity index (χ3v) is 3.08. The molecule has 4 heteroatoms. The van der Waals surface area contributed by atoms with Gasteiger partial charge in [-0.3, -0.25) is 0 Å². The van der Waals surface area contributed by atoms with Crippen LogP contribution in [0.15, 0.2) is 54.6 Å². The Morgan fingerprint density at radius 3 is 1.46 bits per heavy atom. The standard InChI is InChI=1S/C9H7.C6H10.3C3H7O.Ti/c1-2-5-9-7-3-6-8(9)4-1;1-3-5-6-4-2;3*1-3(2)4;/h1-7H;3-6H,1-2H3;3*3H,1-2H3;/q;;3*-1;+3. The molecule has 0 aliphatic heterocycles. The van der Waals surface area contributed by atoms with E-state index in [1.165, 1.54) is 11.1 Å². The molecule has 0 radical (unpaired) electrons. The van der Waals surface area contributed by atoms with Crippen molar-refractivity contribution in [2.75, 3.05) is 0 Å². The molecule has 1 aromatic rings. The van der Waals surface area contributed by atoms with Crippen molar-refractivity contribution in [1.82, 2.24) is 0 Å². The van der Waals surface area contributed by atoms with Crippen molar-refractivity contribution in [2.45, 2.75) is 77.9 Å². The van der Waals surface area contributed by atoms with Crippen LogP contribution in [-0.4, -0.2) is 18.3 Å². The number of fused-ring (bicyclic) bond motifs is 1. The van der Waals surface area contributed by atoms with Crippen LogP contribution in [0.5, 0.6) is 0 Å². The van der Waals surface area contributed by atoms with E-state index in [1.807, 2.05) is 38.2 Å². The van der Waals surface area contributed by atoms with Crippen molar-refractivity contribution in [3.8, 4) is 0 Å². The van der Waals surface area contributed by atoms with E-state index in [1.54, 1.807) is 41.5 Å². The van der Waals surface area contributed by atoms with Gasteiger partial charge in [-0.15, -0.1) is 18.3 Å². The average molecular weight is 422 g/mol. The van der Waals surface area contributed by atoms with Crippen LogP contribution in [0.4, 0.5) is 0 Å². The van der Waals surface area contributed by atoms with Gasteiger partial charge in [0.05, 0.1) is 0 Å². The third-order valence-electron chi connectivity index (χ3n) is 2.30. The van der Waals surface area contributed by atoms with Gasteiger partial charge in [0.1, 0.15) is 0 Å². The Morgan fingerprint density at radius 1 is 0.786 bits per heavy atom. The Hall–Kier alpha value is -0.966. The minimum atomic E-state index is -0.417. The molecular weight excluding hydrogens is 384 g/mol. The fraction of sp³-hybridized carbons (Fsp3) is 0.500. The molecule has 1 atom stereocenters. The van der Waals surface area contributed by atoms with Gasteiger partial charge in [-0.05, 0) is 13.8 Å². The Bertz CT molecular complexity index is 500. The molecule has 1 aromatic carbocycles. The second-order valence-corrected chi connectivity index (χ2v) is 7.63. The van der Waals surface area contributed by atoms with Crippen LogP contribution in [0.2, 0.25) is 0 Å². The van der Waals surface area contributed by atoms with Gasteiger partial charge in [-0.2, -0.15) is 0 Å².